The van der Waals surface area contributed by atoms with Crippen LogP contribution in [-0.2, 0) is 25.3 Å². The van der Waals surface area contributed by atoms with Gasteiger partial charge >= 0.3 is 0 Å². The van der Waals surface area contributed by atoms with Gasteiger partial charge in [0.1, 0.15) is 18.2 Å². The third-order valence-corrected chi connectivity index (χ3v) is 5.94. The molecule has 5 nitrogen and oxygen atoms in total. The molecule has 0 saturated heterocycles. The summed E-state index contributed by atoms with van der Waals surface area (Å²) in [6, 6.07) is 20.7. The van der Waals surface area contributed by atoms with E-state index in [4.69, 9.17) is 4.74 Å². The maximum absolute atomic E-state index is 5.87. The van der Waals surface area contributed by atoms with E-state index in [0.29, 0.717) is 6.61 Å². The normalized spacial score (nSPS) is 9.97. The first kappa shape index (κ1) is 28.0. The maximum Gasteiger partial charge on any atom is 0.191 e. The second kappa shape index (κ2) is 15.6. The number of nitrogens with one attached hydrogen (secondary N) is 1. The fourth-order valence-corrected chi connectivity index (χ4v) is 4.27. The molecule has 0 atom stereocenters. The monoisotopic (exact) mass is 490 g/mol. The number of H-pyrrole nitrogens is 1. The third-order valence-electron chi connectivity index (χ3n) is 4.90. The van der Waals surface area contributed by atoms with Crippen LogP contribution in [0.25, 0.3) is 0 Å². The SMILES string of the molecule is C=CC.CC.CCn1c(Cc2c[nH]c(C)c2)nnc1SCc1ccc(OCc2ccccc2)cc1. The number of rotatable bonds is 9. The van der Waals surface area contributed by atoms with Gasteiger partial charge in [-0.2, -0.15) is 0 Å². The molecule has 186 valence electrons. The van der Waals surface area contributed by atoms with Crippen molar-refractivity contribution in [3.63, 3.8) is 0 Å². The maximum atomic E-state index is 5.87. The Hall–Kier alpha value is -3.25. The van der Waals surface area contributed by atoms with Gasteiger partial charge in [0.25, 0.3) is 0 Å². The zero-order valence-electron chi connectivity index (χ0n) is 21.6. The van der Waals surface area contributed by atoms with Crippen LogP contribution in [-0.4, -0.2) is 19.7 Å². The summed E-state index contributed by atoms with van der Waals surface area (Å²) >= 11 is 1.72. The summed E-state index contributed by atoms with van der Waals surface area (Å²) in [4.78, 5) is 3.23. The average Bonchev–Trinajstić information content (AvgIpc) is 3.49. The van der Waals surface area contributed by atoms with E-state index in [2.05, 4.69) is 70.5 Å². The molecule has 35 heavy (non-hydrogen) atoms. The largest absolute Gasteiger partial charge is 0.489 e. The number of thioether (sulfide) groups is 1. The molecule has 2 aromatic carbocycles. The Balaban J connectivity index is 0.000000803. The van der Waals surface area contributed by atoms with Crippen molar-refractivity contribution in [3.05, 3.63) is 108 Å². The van der Waals surface area contributed by atoms with Gasteiger partial charge < -0.3 is 14.3 Å². The van der Waals surface area contributed by atoms with E-state index in [1.165, 1.54) is 22.4 Å². The molecule has 0 spiro atoms. The topological polar surface area (TPSA) is 55.7 Å². The quantitative estimate of drug-likeness (QED) is 0.194. The highest BCUT2D eigenvalue weighted by atomic mass is 32.2. The summed E-state index contributed by atoms with van der Waals surface area (Å²) < 4.78 is 8.07. The second-order valence-electron chi connectivity index (χ2n) is 7.63. The molecule has 0 unspecified atom stereocenters. The van der Waals surface area contributed by atoms with Gasteiger partial charge in [-0.15, -0.1) is 16.8 Å². The number of aromatic amines is 1. The van der Waals surface area contributed by atoms with Gasteiger partial charge in [0.05, 0.1) is 0 Å². The van der Waals surface area contributed by atoms with Crippen molar-refractivity contribution in [2.75, 3.05) is 0 Å². The summed E-state index contributed by atoms with van der Waals surface area (Å²) in [5.74, 6) is 2.73. The molecule has 0 aliphatic carbocycles. The lowest BCUT2D eigenvalue weighted by molar-refractivity contribution is 0.306. The first-order valence-electron chi connectivity index (χ1n) is 12.1. The number of aromatic nitrogens is 4. The molecule has 0 aliphatic rings. The van der Waals surface area contributed by atoms with Crippen molar-refractivity contribution >= 4 is 11.8 Å². The van der Waals surface area contributed by atoms with Crippen LogP contribution in [0.5, 0.6) is 5.75 Å². The fourth-order valence-electron chi connectivity index (χ4n) is 3.30. The lowest BCUT2D eigenvalue weighted by Gasteiger charge is -2.08. The Bertz CT molecular complexity index is 1120. The smallest absolute Gasteiger partial charge is 0.191 e. The lowest BCUT2D eigenvalue weighted by atomic mass is 10.2. The van der Waals surface area contributed by atoms with Crippen LogP contribution in [0.15, 0.2) is 84.7 Å². The Labute approximate surface area is 214 Å². The standard InChI is InChI=1S/C24H26N4OS.C3H6.C2H6/c1-3-28-23(14-21-13-18(2)25-15-21)26-27-24(28)30-17-20-9-11-22(12-10-20)29-16-19-7-5-4-6-8-19;1-3-2;1-2/h4-13,15,25H,3,14,16-17H2,1-2H3;3H,1H2,2H3;1-2H3. The van der Waals surface area contributed by atoms with Crippen LogP contribution in [0.2, 0.25) is 0 Å². The van der Waals surface area contributed by atoms with E-state index in [9.17, 15) is 0 Å². The zero-order valence-corrected chi connectivity index (χ0v) is 22.4. The predicted octanol–water partition coefficient (Wildman–Crippen LogP) is 7.62. The highest BCUT2D eigenvalue weighted by Crippen LogP contribution is 2.24. The van der Waals surface area contributed by atoms with Crippen LogP contribution in [0.3, 0.4) is 0 Å². The number of allylic oxidation sites excluding steroid dienone is 1. The fraction of sp³-hybridized carbons (Fsp3) is 0.310. The average molecular weight is 491 g/mol. The minimum absolute atomic E-state index is 0.581. The summed E-state index contributed by atoms with van der Waals surface area (Å²) in [5.41, 5.74) is 4.80. The third kappa shape index (κ3) is 9.13. The molecule has 4 aromatic rings. The van der Waals surface area contributed by atoms with Crippen molar-refractivity contribution in [2.45, 2.75) is 65.1 Å². The molecule has 2 aromatic heterocycles. The predicted molar refractivity (Wildman–Crippen MR) is 148 cm³/mol. The first-order valence-corrected chi connectivity index (χ1v) is 13.1. The number of nitrogens with zero attached hydrogens (tertiary/aromatic N) is 3. The van der Waals surface area contributed by atoms with Crippen molar-refractivity contribution in [1.29, 1.82) is 0 Å². The molecular weight excluding hydrogens is 452 g/mol. The van der Waals surface area contributed by atoms with Gasteiger partial charge in [-0.3, -0.25) is 0 Å². The van der Waals surface area contributed by atoms with Crippen LogP contribution in [0, 0.1) is 6.92 Å². The Morgan fingerprint density at radius 2 is 1.69 bits per heavy atom. The van der Waals surface area contributed by atoms with Gasteiger partial charge in [0.15, 0.2) is 5.16 Å². The Kier molecular flexibility index (Phi) is 12.5. The van der Waals surface area contributed by atoms with E-state index < -0.39 is 0 Å². The summed E-state index contributed by atoms with van der Waals surface area (Å²) in [6.45, 7) is 14.9. The van der Waals surface area contributed by atoms with Gasteiger partial charge in [-0.1, -0.05) is 74.1 Å². The Morgan fingerprint density at radius 3 is 2.29 bits per heavy atom. The van der Waals surface area contributed by atoms with Crippen LogP contribution in [0.4, 0.5) is 0 Å². The lowest BCUT2D eigenvalue weighted by Crippen LogP contribution is -2.03. The van der Waals surface area contributed by atoms with E-state index >= 15 is 0 Å². The van der Waals surface area contributed by atoms with Crippen molar-refractivity contribution < 1.29 is 4.74 Å². The van der Waals surface area contributed by atoms with Gasteiger partial charge in [-0.25, -0.2) is 0 Å². The molecule has 0 bridgehead atoms. The molecule has 6 heteroatoms. The summed E-state index contributed by atoms with van der Waals surface area (Å²) in [7, 11) is 0. The number of aryl methyl sites for hydroxylation is 1. The van der Waals surface area contributed by atoms with Gasteiger partial charge in [-0.05, 0) is 55.7 Å². The molecule has 0 radical (unpaired) electrons. The summed E-state index contributed by atoms with van der Waals surface area (Å²) in [6.07, 6.45) is 4.58. The zero-order chi connectivity index (χ0) is 25.5. The molecule has 0 aliphatic heterocycles. The number of benzene rings is 2. The molecule has 0 amide bonds. The van der Waals surface area contributed by atoms with Crippen molar-refractivity contribution in [2.24, 2.45) is 0 Å². The molecule has 4 rings (SSSR count). The van der Waals surface area contributed by atoms with E-state index in [1.807, 2.05) is 57.3 Å². The minimum Gasteiger partial charge on any atom is -0.489 e. The van der Waals surface area contributed by atoms with Gasteiger partial charge in [0, 0.05) is 30.6 Å². The van der Waals surface area contributed by atoms with E-state index in [1.54, 1.807) is 17.8 Å². The second-order valence-corrected chi connectivity index (χ2v) is 8.57. The van der Waals surface area contributed by atoms with E-state index in [0.717, 1.165) is 35.4 Å². The van der Waals surface area contributed by atoms with Crippen molar-refractivity contribution in [1.82, 2.24) is 19.7 Å². The van der Waals surface area contributed by atoms with Crippen LogP contribution in [0.1, 0.15) is 55.9 Å². The number of hydrogen-bond donors (Lipinski definition) is 1. The highest BCUT2D eigenvalue weighted by Gasteiger charge is 2.12. The molecule has 0 saturated carbocycles. The molecule has 2 heterocycles. The first-order chi connectivity index (χ1) is 17.1. The van der Waals surface area contributed by atoms with Crippen molar-refractivity contribution in [3.8, 4) is 5.75 Å². The van der Waals surface area contributed by atoms with Crippen LogP contribution >= 0.6 is 11.8 Å². The number of ether oxygens (including phenoxy) is 1. The summed E-state index contributed by atoms with van der Waals surface area (Å²) in [5, 5.41) is 9.82. The Morgan fingerprint density at radius 1 is 1.00 bits per heavy atom. The minimum atomic E-state index is 0.581. The number of hydrogen-bond acceptors (Lipinski definition) is 4. The molecular formula is C29H38N4OS. The van der Waals surface area contributed by atoms with Crippen LogP contribution < -0.4 is 4.74 Å². The van der Waals surface area contributed by atoms with Gasteiger partial charge in [0.2, 0.25) is 0 Å². The highest BCUT2D eigenvalue weighted by molar-refractivity contribution is 7.98. The molecule has 0 fully saturated rings. The molecule has 1 N–H and O–H groups in total. The van der Waals surface area contributed by atoms with E-state index in [-0.39, 0.29) is 0 Å².